The first-order chi connectivity index (χ1) is 12.3. The molecule has 2 aromatic heterocycles. The van der Waals surface area contributed by atoms with E-state index in [1.54, 1.807) is 23.5 Å². The third kappa shape index (κ3) is 3.56. The number of rotatable bonds is 5. The number of aromatic nitrogens is 1. The van der Waals surface area contributed by atoms with Gasteiger partial charge in [0.05, 0.1) is 0 Å². The molecule has 0 aliphatic carbocycles. The van der Waals surface area contributed by atoms with Gasteiger partial charge in [-0.2, -0.15) is 0 Å². The van der Waals surface area contributed by atoms with Crippen LogP contribution >= 0.6 is 11.3 Å². The lowest BCUT2D eigenvalue weighted by molar-refractivity contribution is -0.139. The number of carbonyl (C=O) groups is 1. The van der Waals surface area contributed by atoms with Gasteiger partial charge in [0, 0.05) is 22.6 Å². The molecule has 0 unspecified atom stereocenters. The van der Waals surface area contributed by atoms with Crippen molar-refractivity contribution < 1.29 is 23.5 Å². The van der Waals surface area contributed by atoms with Gasteiger partial charge in [-0.15, -0.1) is 11.3 Å². The summed E-state index contributed by atoms with van der Waals surface area (Å²) >= 11 is 1.55. The quantitative estimate of drug-likeness (QED) is 0.511. The number of nitrogens with zero attached hydrogens (tertiary/aromatic N) is 1. The van der Waals surface area contributed by atoms with Crippen molar-refractivity contribution in [3.63, 3.8) is 0 Å². The summed E-state index contributed by atoms with van der Waals surface area (Å²) in [5, 5.41) is 5.86. The highest BCUT2D eigenvalue weighted by Gasteiger charge is 2.16. The molecule has 7 heteroatoms. The van der Waals surface area contributed by atoms with Gasteiger partial charge in [0.15, 0.2) is 17.3 Å². The molecule has 3 aromatic rings. The number of benzene rings is 1. The van der Waals surface area contributed by atoms with Gasteiger partial charge in [0.2, 0.25) is 6.79 Å². The van der Waals surface area contributed by atoms with Gasteiger partial charge in [-0.05, 0) is 35.7 Å². The Kier molecular flexibility index (Phi) is 4.22. The fourth-order valence-electron chi connectivity index (χ4n) is 2.30. The summed E-state index contributed by atoms with van der Waals surface area (Å²) in [7, 11) is 0. The maximum atomic E-state index is 11.7. The Morgan fingerprint density at radius 2 is 2.16 bits per heavy atom. The highest BCUT2D eigenvalue weighted by molar-refractivity contribution is 7.10. The van der Waals surface area contributed by atoms with Gasteiger partial charge in [-0.25, -0.2) is 4.79 Å². The third-order valence-corrected chi connectivity index (χ3v) is 4.34. The minimum atomic E-state index is -0.430. The van der Waals surface area contributed by atoms with Gasteiger partial charge in [-0.1, -0.05) is 11.2 Å². The van der Waals surface area contributed by atoms with Crippen molar-refractivity contribution in [1.82, 2.24) is 5.16 Å². The van der Waals surface area contributed by atoms with Gasteiger partial charge in [0.1, 0.15) is 12.3 Å². The Morgan fingerprint density at radius 1 is 1.24 bits per heavy atom. The Labute approximate surface area is 147 Å². The second kappa shape index (κ2) is 6.82. The maximum absolute atomic E-state index is 11.7. The van der Waals surface area contributed by atoms with Crippen LogP contribution in [0.2, 0.25) is 0 Å². The van der Waals surface area contributed by atoms with E-state index in [1.807, 2.05) is 35.7 Å². The highest BCUT2D eigenvalue weighted by atomic mass is 32.1. The first-order valence-corrected chi connectivity index (χ1v) is 8.40. The lowest BCUT2D eigenvalue weighted by atomic mass is 10.1. The van der Waals surface area contributed by atoms with Crippen molar-refractivity contribution in [2.45, 2.75) is 6.61 Å². The summed E-state index contributed by atoms with van der Waals surface area (Å²) in [5.74, 6) is 1.51. The first kappa shape index (κ1) is 15.5. The van der Waals surface area contributed by atoms with E-state index in [0.717, 1.165) is 10.4 Å². The van der Waals surface area contributed by atoms with Crippen LogP contribution in [0.1, 0.15) is 10.6 Å². The molecule has 25 heavy (non-hydrogen) atoms. The topological polar surface area (TPSA) is 70.8 Å². The minimum absolute atomic E-state index is 0.0433. The molecule has 0 bridgehead atoms. The Hall–Kier alpha value is -3.06. The van der Waals surface area contributed by atoms with E-state index in [9.17, 15) is 4.79 Å². The van der Waals surface area contributed by atoms with Crippen LogP contribution in [0.15, 0.2) is 52.4 Å². The van der Waals surface area contributed by atoms with Gasteiger partial charge in [0.25, 0.3) is 0 Å². The Bertz CT molecular complexity index is 913. The molecule has 0 saturated heterocycles. The smallest absolute Gasteiger partial charge is 0.331 e. The van der Waals surface area contributed by atoms with Crippen LogP contribution in [-0.2, 0) is 16.1 Å². The van der Waals surface area contributed by atoms with E-state index in [4.69, 9.17) is 18.7 Å². The molecular formula is C18H13NO5S. The van der Waals surface area contributed by atoms with Crippen LogP contribution in [0.4, 0.5) is 0 Å². The number of fused-ring (bicyclic) bond motifs is 1. The molecule has 1 aliphatic rings. The number of thiophene rings is 1. The third-order valence-electron chi connectivity index (χ3n) is 3.51. The molecule has 0 N–H and O–H groups in total. The van der Waals surface area contributed by atoms with Crippen molar-refractivity contribution in [3.05, 3.63) is 58.4 Å². The van der Waals surface area contributed by atoms with Gasteiger partial charge in [-0.3, -0.25) is 0 Å². The van der Waals surface area contributed by atoms with E-state index in [1.165, 1.54) is 6.08 Å². The standard InChI is InChI=1S/C18H13NO5S/c20-18(6-4-14-2-1-7-25-14)21-10-13-9-16(24-19-13)12-3-5-15-17(8-12)23-11-22-15/h1-9H,10-11H2/b6-4+. The Morgan fingerprint density at radius 3 is 3.04 bits per heavy atom. The molecule has 1 aromatic carbocycles. The second-order valence-corrected chi connectivity index (χ2v) is 6.19. The molecule has 0 amide bonds. The summed E-state index contributed by atoms with van der Waals surface area (Å²) in [6, 6.07) is 11.1. The van der Waals surface area contributed by atoms with E-state index in [-0.39, 0.29) is 13.4 Å². The Balaban J connectivity index is 1.37. The van der Waals surface area contributed by atoms with Crippen LogP contribution in [0, 0.1) is 0 Å². The zero-order chi connectivity index (χ0) is 17.1. The summed E-state index contributed by atoms with van der Waals surface area (Å²) in [4.78, 5) is 12.7. The molecule has 4 rings (SSSR count). The zero-order valence-corrected chi connectivity index (χ0v) is 13.8. The number of hydrogen-bond acceptors (Lipinski definition) is 7. The highest BCUT2D eigenvalue weighted by Crippen LogP contribution is 2.36. The monoisotopic (exact) mass is 355 g/mol. The average Bonchev–Trinajstić information content (AvgIpc) is 3.39. The van der Waals surface area contributed by atoms with E-state index in [2.05, 4.69) is 5.16 Å². The fraction of sp³-hybridized carbons (Fsp3) is 0.111. The molecule has 0 fully saturated rings. The van der Waals surface area contributed by atoms with Crippen molar-refractivity contribution >= 4 is 23.4 Å². The predicted octanol–water partition coefficient (Wildman–Crippen LogP) is 3.89. The molecular weight excluding hydrogens is 342 g/mol. The molecule has 0 radical (unpaired) electrons. The number of carbonyl (C=O) groups excluding carboxylic acids is 1. The molecule has 3 heterocycles. The molecule has 6 nitrogen and oxygen atoms in total. The van der Waals surface area contributed by atoms with Gasteiger partial charge < -0.3 is 18.7 Å². The number of ether oxygens (including phenoxy) is 3. The fourth-order valence-corrected chi connectivity index (χ4v) is 2.91. The number of esters is 1. The average molecular weight is 355 g/mol. The molecule has 1 aliphatic heterocycles. The summed E-state index contributed by atoms with van der Waals surface area (Å²) in [6.45, 7) is 0.261. The second-order valence-electron chi connectivity index (χ2n) is 5.21. The molecule has 0 atom stereocenters. The molecule has 126 valence electrons. The summed E-state index contributed by atoms with van der Waals surface area (Å²) in [6.07, 6.45) is 3.11. The van der Waals surface area contributed by atoms with E-state index in [0.29, 0.717) is 23.0 Å². The van der Waals surface area contributed by atoms with Gasteiger partial charge >= 0.3 is 5.97 Å². The minimum Gasteiger partial charge on any atom is -0.456 e. The van der Waals surface area contributed by atoms with E-state index >= 15 is 0 Å². The SMILES string of the molecule is O=C(/C=C/c1cccs1)OCc1cc(-c2ccc3c(c2)OCO3)on1. The lowest BCUT2D eigenvalue weighted by Crippen LogP contribution is -2.00. The van der Waals surface area contributed by atoms with Crippen LogP contribution in [0.25, 0.3) is 17.4 Å². The van der Waals surface area contributed by atoms with Crippen molar-refractivity contribution in [3.8, 4) is 22.8 Å². The zero-order valence-electron chi connectivity index (χ0n) is 13.0. The normalized spacial score (nSPS) is 12.6. The van der Waals surface area contributed by atoms with Crippen molar-refractivity contribution in [1.29, 1.82) is 0 Å². The van der Waals surface area contributed by atoms with Crippen LogP contribution in [-0.4, -0.2) is 17.9 Å². The number of hydrogen-bond donors (Lipinski definition) is 0. The van der Waals surface area contributed by atoms with Crippen LogP contribution in [0.5, 0.6) is 11.5 Å². The first-order valence-electron chi connectivity index (χ1n) is 7.52. The predicted molar refractivity (Wildman–Crippen MR) is 91.2 cm³/mol. The van der Waals surface area contributed by atoms with Crippen molar-refractivity contribution in [2.75, 3.05) is 6.79 Å². The maximum Gasteiger partial charge on any atom is 0.331 e. The molecule has 0 spiro atoms. The largest absolute Gasteiger partial charge is 0.456 e. The van der Waals surface area contributed by atoms with Crippen molar-refractivity contribution in [2.24, 2.45) is 0 Å². The summed E-state index contributed by atoms with van der Waals surface area (Å²) in [5.41, 5.74) is 1.34. The lowest BCUT2D eigenvalue weighted by Gasteiger charge is -1.98. The molecule has 0 saturated carbocycles. The van der Waals surface area contributed by atoms with Crippen LogP contribution in [0.3, 0.4) is 0 Å². The summed E-state index contributed by atoms with van der Waals surface area (Å²) < 4.78 is 21.1. The van der Waals surface area contributed by atoms with E-state index < -0.39 is 5.97 Å². The van der Waals surface area contributed by atoms with Crippen LogP contribution < -0.4 is 9.47 Å².